The summed E-state index contributed by atoms with van der Waals surface area (Å²) in [7, 11) is 1.18. The van der Waals surface area contributed by atoms with E-state index in [1.807, 2.05) is 30.3 Å². The maximum atomic E-state index is 13.3. The van der Waals surface area contributed by atoms with Gasteiger partial charge in [0, 0.05) is 38.2 Å². The highest BCUT2D eigenvalue weighted by Gasteiger charge is 2.40. The Morgan fingerprint density at radius 3 is 2.18 bits per heavy atom. The zero-order chi connectivity index (χ0) is 31.5. The van der Waals surface area contributed by atoms with Crippen molar-refractivity contribution in [3.8, 4) is 0 Å². The van der Waals surface area contributed by atoms with Gasteiger partial charge in [-0.1, -0.05) is 48.5 Å². The number of carbonyl (C=O) groups is 5. The Bertz CT molecular complexity index is 1300. The van der Waals surface area contributed by atoms with Crippen molar-refractivity contribution in [2.45, 2.75) is 57.7 Å². The van der Waals surface area contributed by atoms with Crippen LogP contribution in [0.4, 0.5) is 4.79 Å². The van der Waals surface area contributed by atoms with Crippen LogP contribution in [0.15, 0.2) is 60.7 Å². The SMILES string of the molecule is COC(=O)[C@@](C)(NC(=O)c1ccccc1)NC(=O)[C@@H]1CCCN(C(=O)CCC2CCN(C(=O)OCc3ccccc3)CC2)C1. The number of hydrogen-bond acceptors (Lipinski definition) is 7. The van der Waals surface area contributed by atoms with Crippen LogP contribution in [0.5, 0.6) is 0 Å². The molecule has 0 aliphatic carbocycles. The largest absolute Gasteiger partial charge is 0.466 e. The first kappa shape index (κ1) is 32.5. The summed E-state index contributed by atoms with van der Waals surface area (Å²) in [6.45, 7) is 3.62. The standard InChI is InChI=1S/C33H42N4O7/c1-33(31(41)43-2,34-29(39)26-12-7-4-8-13-26)35-30(40)27-14-9-19-37(22-27)28(38)16-15-24-17-20-36(21-18-24)32(42)44-23-25-10-5-3-6-11-25/h3-8,10-13,24,27H,9,14-23H2,1-2H3,(H,34,39)(H,35,40)/t27-,33+/m1/s1. The van der Waals surface area contributed by atoms with Crippen molar-refractivity contribution < 1.29 is 33.4 Å². The van der Waals surface area contributed by atoms with Gasteiger partial charge in [-0.2, -0.15) is 0 Å². The highest BCUT2D eigenvalue weighted by molar-refractivity contribution is 5.99. The van der Waals surface area contributed by atoms with Crippen LogP contribution in [-0.2, 0) is 30.5 Å². The van der Waals surface area contributed by atoms with E-state index < -0.39 is 29.4 Å². The molecular formula is C33H42N4O7. The molecule has 4 rings (SSSR count). The summed E-state index contributed by atoms with van der Waals surface area (Å²) in [5.41, 5.74) is -0.507. The first-order valence-corrected chi connectivity index (χ1v) is 15.2. The molecule has 2 N–H and O–H groups in total. The highest BCUT2D eigenvalue weighted by Crippen LogP contribution is 2.25. The lowest BCUT2D eigenvalue weighted by Crippen LogP contribution is -2.65. The van der Waals surface area contributed by atoms with E-state index in [9.17, 15) is 24.0 Å². The molecule has 0 saturated carbocycles. The third kappa shape index (κ3) is 8.81. The Balaban J connectivity index is 1.22. The van der Waals surface area contributed by atoms with Gasteiger partial charge in [0.1, 0.15) is 6.61 Å². The van der Waals surface area contributed by atoms with Gasteiger partial charge in [-0.3, -0.25) is 14.4 Å². The molecule has 2 fully saturated rings. The monoisotopic (exact) mass is 606 g/mol. The Hall–Kier alpha value is -4.41. The Labute approximate surface area is 258 Å². The fourth-order valence-corrected chi connectivity index (χ4v) is 5.69. The molecular weight excluding hydrogens is 564 g/mol. The average molecular weight is 607 g/mol. The van der Waals surface area contributed by atoms with Crippen LogP contribution in [0.1, 0.15) is 61.4 Å². The van der Waals surface area contributed by atoms with Gasteiger partial charge in [0.05, 0.1) is 13.0 Å². The summed E-state index contributed by atoms with van der Waals surface area (Å²) < 4.78 is 10.3. The molecule has 11 heteroatoms. The fourth-order valence-electron chi connectivity index (χ4n) is 5.69. The zero-order valence-corrected chi connectivity index (χ0v) is 25.5. The number of methoxy groups -OCH3 is 1. The van der Waals surface area contributed by atoms with E-state index in [2.05, 4.69) is 10.6 Å². The zero-order valence-electron chi connectivity index (χ0n) is 25.5. The molecule has 2 aliphatic rings. The van der Waals surface area contributed by atoms with Crippen molar-refractivity contribution in [1.82, 2.24) is 20.4 Å². The minimum atomic E-state index is -1.78. The summed E-state index contributed by atoms with van der Waals surface area (Å²) in [4.78, 5) is 67.7. The van der Waals surface area contributed by atoms with Crippen molar-refractivity contribution in [3.05, 3.63) is 71.8 Å². The summed E-state index contributed by atoms with van der Waals surface area (Å²) in [6, 6.07) is 17.9. The third-order valence-corrected chi connectivity index (χ3v) is 8.36. The van der Waals surface area contributed by atoms with Gasteiger partial charge in [0.25, 0.3) is 5.91 Å². The lowest BCUT2D eigenvalue weighted by atomic mass is 9.91. The molecule has 0 spiro atoms. The fraction of sp³-hybridized carbons (Fsp3) is 0.485. The van der Waals surface area contributed by atoms with Crippen LogP contribution in [0.3, 0.4) is 0 Å². The maximum Gasteiger partial charge on any atom is 0.410 e. The second kappa shape index (κ2) is 15.4. The third-order valence-electron chi connectivity index (χ3n) is 8.36. The van der Waals surface area contributed by atoms with Crippen molar-refractivity contribution in [3.63, 3.8) is 0 Å². The minimum Gasteiger partial charge on any atom is -0.466 e. The van der Waals surface area contributed by atoms with Crippen LogP contribution in [0.2, 0.25) is 0 Å². The first-order valence-electron chi connectivity index (χ1n) is 15.2. The van der Waals surface area contributed by atoms with Gasteiger partial charge >= 0.3 is 12.1 Å². The molecule has 2 saturated heterocycles. The number of amides is 4. The lowest BCUT2D eigenvalue weighted by Gasteiger charge is -2.35. The second-order valence-electron chi connectivity index (χ2n) is 11.6. The molecule has 0 unspecified atom stereocenters. The van der Waals surface area contributed by atoms with Crippen molar-refractivity contribution in [2.24, 2.45) is 11.8 Å². The number of likely N-dealkylation sites (tertiary alicyclic amines) is 2. The molecule has 2 aromatic carbocycles. The normalized spacial score (nSPS) is 18.5. The second-order valence-corrected chi connectivity index (χ2v) is 11.6. The number of nitrogens with zero attached hydrogens (tertiary/aromatic N) is 2. The van der Waals surface area contributed by atoms with Gasteiger partial charge in [-0.15, -0.1) is 0 Å². The van der Waals surface area contributed by atoms with E-state index in [0.29, 0.717) is 56.8 Å². The number of nitrogens with one attached hydrogen (secondary N) is 2. The van der Waals surface area contributed by atoms with E-state index >= 15 is 0 Å². The van der Waals surface area contributed by atoms with Gasteiger partial charge in [-0.25, -0.2) is 9.59 Å². The van der Waals surface area contributed by atoms with Crippen LogP contribution >= 0.6 is 0 Å². The quantitative estimate of drug-likeness (QED) is 0.312. The summed E-state index contributed by atoms with van der Waals surface area (Å²) in [5, 5.41) is 5.25. The molecule has 2 aliphatic heterocycles. The predicted molar refractivity (Wildman–Crippen MR) is 162 cm³/mol. The Morgan fingerprint density at radius 2 is 1.52 bits per heavy atom. The molecule has 236 valence electrons. The topological polar surface area (TPSA) is 134 Å². The van der Waals surface area contributed by atoms with Gasteiger partial charge in [0.15, 0.2) is 0 Å². The number of hydrogen-bond donors (Lipinski definition) is 2. The molecule has 4 amide bonds. The van der Waals surface area contributed by atoms with Crippen LogP contribution in [-0.4, -0.2) is 78.5 Å². The van der Waals surface area contributed by atoms with Crippen LogP contribution in [0, 0.1) is 11.8 Å². The van der Waals surface area contributed by atoms with Gasteiger partial charge in [0.2, 0.25) is 17.5 Å². The number of benzene rings is 2. The minimum absolute atomic E-state index is 0.0136. The van der Waals surface area contributed by atoms with Crippen LogP contribution < -0.4 is 10.6 Å². The average Bonchev–Trinajstić information content (AvgIpc) is 3.06. The summed E-state index contributed by atoms with van der Waals surface area (Å²) >= 11 is 0. The Kier molecular flexibility index (Phi) is 11.3. The van der Waals surface area contributed by atoms with E-state index in [1.54, 1.807) is 40.1 Å². The number of carbonyl (C=O) groups excluding carboxylic acids is 5. The number of esters is 1. The molecule has 2 heterocycles. The Morgan fingerprint density at radius 1 is 0.864 bits per heavy atom. The number of rotatable bonds is 10. The van der Waals surface area contributed by atoms with E-state index in [4.69, 9.17) is 9.47 Å². The smallest absolute Gasteiger partial charge is 0.410 e. The molecule has 2 atom stereocenters. The highest BCUT2D eigenvalue weighted by atomic mass is 16.6. The van der Waals surface area contributed by atoms with Crippen LogP contribution in [0.25, 0.3) is 0 Å². The summed E-state index contributed by atoms with van der Waals surface area (Å²) in [6.07, 6.45) is 3.58. The predicted octanol–water partition coefficient (Wildman–Crippen LogP) is 3.49. The molecule has 2 aromatic rings. The summed E-state index contributed by atoms with van der Waals surface area (Å²) in [5.74, 6) is -2.00. The maximum absolute atomic E-state index is 13.3. The van der Waals surface area contributed by atoms with Crippen molar-refractivity contribution in [2.75, 3.05) is 33.3 Å². The van der Waals surface area contributed by atoms with Gasteiger partial charge in [-0.05, 0) is 62.6 Å². The molecule has 0 bridgehead atoms. The number of piperidine rings is 2. The van der Waals surface area contributed by atoms with E-state index in [-0.39, 0.29) is 25.2 Å². The molecule has 11 nitrogen and oxygen atoms in total. The van der Waals surface area contributed by atoms with E-state index in [0.717, 1.165) is 18.4 Å². The molecule has 0 radical (unpaired) electrons. The van der Waals surface area contributed by atoms with E-state index in [1.165, 1.54) is 14.0 Å². The first-order chi connectivity index (χ1) is 21.2. The van der Waals surface area contributed by atoms with Crippen molar-refractivity contribution in [1.29, 1.82) is 0 Å². The number of ether oxygens (including phenoxy) is 2. The molecule has 0 aromatic heterocycles. The van der Waals surface area contributed by atoms with Crippen molar-refractivity contribution >= 4 is 29.8 Å². The lowest BCUT2D eigenvalue weighted by molar-refractivity contribution is -0.152. The molecule has 44 heavy (non-hydrogen) atoms. The van der Waals surface area contributed by atoms with Gasteiger partial charge < -0.3 is 29.9 Å².